The molecule has 0 atom stereocenters. The van der Waals surface area contributed by atoms with Gasteiger partial charge in [0.1, 0.15) is 5.76 Å². The van der Waals surface area contributed by atoms with Crippen molar-refractivity contribution in [1.29, 1.82) is 0 Å². The average Bonchev–Trinajstić information content (AvgIpc) is 3.11. The molecule has 0 N–H and O–H groups in total. The first-order valence-electron chi connectivity index (χ1n) is 8.19. The highest BCUT2D eigenvalue weighted by molar-refractivity contribution is 7.09. The van der Waals surface area contributed by atoms with Gasteiger partial charge in [0, 0.05) is 36.1 Å². The Kier molecular flexibility index (Phi) is 4.18. The Labute approximate surface area is 139 Å². The Morgan fingerprint density at radius 1 is 1.30 bits per heavy atom. The summed E-state index contributed by atoms with van der Waals surface area (Å²) in [5.41, 5.74) is 0.440. The number of carbonyl (C=O) groups excluding carboxylic acids is 1. The molecule has 1 aliphatic heterocycles. The molecular formula is C17H20N2O3S. The summed E-state index contributed by atoms with van der Waals surface area (Å²) in [6, 6.07) is 6.14. The van der Waals surface area contributed by atoms with Crippen LogP contribution in [0, 0.1) is 0 Å². The zero-order valence-electron chi connectivity index (χ0n) is 12.9. The molecule has 0 radical (unpaired) electrons. The van der Waals surface area contributed by atoms with E-state index in [1.54, 1.807) is 11.3 Å². The van der Waals surface area contributed by atoms with Gasteiger partial charge in [-0.1, -0.05) is 11.2 Å². The van der Waals surface area contributed by atoms with Crippen LogP contribution in [0.2, 0.25) is 0 Å². The second-order valence-corrected chi connectivity index (χ2v) is 7.28. The fraction of sp³-hybridized carbons (Fsp3) is 0.529. The van der Waals surface area contributed by atoms with E-state index >= 15 is 0 Å². The lowest BCUT2D eigenvalue weighted by Gasteiger charge is -2.33. The minimum absolute atomic E-state index is 0.0269. The predicted octanol–water partition coefficient (Wildman–Crippen LogP) is 3.43. The second-order valence-electron chi connectivity index (χ2n) is 6.24. The molecule has 2 aliphatic rings. The van der Waals surface area contributed by atoms with Crippen molar-refractivity contribution in [3.05, 3.63) is 39.9 Å². The monoisotopic (exact) mass is 332 g/mol. The molecule has 2 aromatic rings. The molecular weight excluding hydrogens is 312 g/mol. The highest BCUT2D eigenvalue weighted by atomic mass is 32.1. The van der Waals surface area contributed by atoms with Gasteiger partial charge in [-0.2, -0.15) is 0 Å². The summed E-state index contributed by atoms with van der Waals surface area (Å²) in [5.74, 6) is 1.30. The molecule has 1 aliphatic carbocycles. The van der Waals surface area contributed by atoms with Crippen LogP contribution >= 0.6 is 11.3 Å². The lowest BCUT2D eigenvalue weighted by Crippen LogP contribution is -2.43. The molecule has 2 aromatic heterocycles. The molecule has 0 aromatic carbocycles. The van der Waals surface area contributed by atoms with E-state index in [-0.39, 0.29) is 11.9 Å². The number of hydrogen-bond donors (Lipinski definition) is 0. The van der Waals surface area contributed by atoms with Gasteiger partial charge in [-0.05, 0) is 37.1 Å². The fourth-order valence-corrected chi connectivity index (χ4v) is 3.73. The minimum atomic E-state index is -0.0269. The van der Waals surface area contributed by atoms with E-state index in [1.165, 1.54) is 4.88 Å². The standard InChI is InChI=1S/C17H20N2O3S/c20-17(15-10-16(22-18-15)12-3-4-12)19(11-14-2-1-9-23-14)13-5-7-21-8-6-13/h1-2,9-10,12-13H,3-8,11H2. The summed E-state index contributed by atoms with van der Waals surface area (Å²) in [6.07, 6.45) is 4.04. The molecule has 0 unspecified atom stereocenters. The molecule has 5 nitrogen and oxygen atoms in total. The summed E-state index contributed by atoms with van der Waals surface area (Å²) in [5, 5.41) is 6.07. The maximum Gasteiger partial charge on any atom is 0.276 e. The van der Waals surface area contributed by atoms with Crippen molar-refractivity contribution in [2.24, 2.45) is 0 Å². The first-order valence-corrected chi connectivity index (χ1v) is 9.07. The van der Waals surface area contributed by atoms with Gasteiger partial charge in [-0.15, -0.1) is 11.3 Å². The van der Waals surface area contributed by atoms with Gasteiger partial charge >= 0.3 is 0 Å². The number of ether oxygens (including phenoxy) is 1. The van der Waals surface area contributed by atoms with Crippen LogP contribution in [0.25, 0.3) is 0 Å². The van der Waals surface area contributed by atoms with Gasteiger partial charge in [-0.25, -0.2) is 0 Å². The van der Waals surface area contributed by atoms with E-state index in [9.17, 15) is 4.79 Å². The highest BCUT2D eigenvalue weighted by Gasteiger charge is 2.32. The number of thiophene rings is 1. The smallest absolute Gasteiger partial charge is 0.276 e. The predicted molar refractivity (Wildman–Crippen MR) is 86.5 cm³/mol. The number of amides is 1. The van der Waals surface area contributed by atoms with Gasteiger partial charge in [0.25, 0.3) is 5.91 Å². The molecule has 1 saturated heterocycles. The van der Waals surface area contributed by atoms with Crippen molar-refractivity contribution in [2.75, 3.05) is 13.2 Å². The van der Waals surface area contributed by atoms with Crippen LogP contribution in [0.1, 0.15) is 52.7 Å². The van der Waals surface area contributed by atoms with E-state index in [0.717, 1.165) is 31.4 Å². The van der Waals surface area contributed by atoms with E-state index in [1.807, 2.05) is 22.4 Å². The molecule has 1 amide bonds. The van der Waals surface area contributed by atoms with Crippen molar-refractivity contribution in [1.82, 2.24) is 10.1 Å². The Morgan fingerprint density at radius 2 is 2.13 bits per heavy atom. The van der Waals surface area contributed by atoms with Crippen LogP contribution < -0.4 is 0 Å². The Balaban J connectivity index is 1.55. The van der Waals surface area contributed by atoms with Crippen molar-refractivity contribution in [3.63, 3.8) is 0 Å². The third-order valence-electron chi connectivity index (χ3n) is 4.53. The Hall–Kier alpha value is -1.66. The van der Waals surface area contributed by atoms with Gasteiger partial charge in [0.2, 0.25) is 0 Å². The van der Waals surface area contributed by atoms with Crippen molar-refractivity contribution < 1.29 is 14.1 Å². The molecule has 1 saturated carbocycles. The summed E-state index contributed by atoms with van der Waals surface area (Å²) in [4.78, 5) is 16.1. The lowest BCUT2D eigenvalue weighted by atomic mass is 10.1. The van der Waals surface area contributed by atoms with Crippen LogP contribution in [0.3, 0.4) is 0 Å². The van der Waals surface area contributed by atoms with Crippen molar-refractivity contribution in [3.8, 4) is 0 Å². The highest BCUT2D eigenvalue weighted by Crippen LogP contribution is 2.40. The average molecular weight is 332 g/mol. The zero-order valence-corrected chi connectivity index (χ0v) is 13.8. The van der Waals surface area contributed by atoms with Crippen LogP contribution in [0.5, 0.6) is 0 Å². The second kappa shape index (κ2) is 6.45. The number of nitrogens with zero attached hydrogens (tertiary/aromatic N) is 2. The fourth-order valence-electron chi connectivity index (χ4n) is 3.03. The maximum absolute atomic E-state index is 13.0. The number of hydrogen-bond acceptors (Lipinski definition) is 5. The van der Waals surface area contributed by atoms with Crippen LogP contribution in [-0.4, -0.2) is 35.2 Å². The third-order valence-corrected chi connectivity index (χ3v) is 5.39. The molecule has 0 spiro atoms. The summed E-state index contributed by atoms with van der Waals surface area (Å²) >= 11 is 1.68. The number of aromatic nitrogens is 1. The Bertz CT molecular complexity index is 657. The molecule has 4 rings (SSSR count). The lowest BCUT2D eigenvalue weighted by molar-refractivity contribution is 0.0264. The van der Waals surface area contributed by atoms with Gasteiger partial charge in [-0.3, -0.25) is 4.79 Å². The SMILES string of the molecule is O=C(c1cc(C2CC2)on1)N(Cc1cccs1)C1CCOCC1. The van der Waals surface area contributed by atoms with Crippen molar-refractivity contribution >= 4 is 17.2 Å². The molecule has 0 bridgehead atoms. The first-order chi connectivity index (χ1) is 11.3. The molecule has 23 heavy (non-hydrogen) atoms. The van der Waals surface area contributed by atoms with E-state index < -0.39 is 0 Å². The van der Waals surface area contributed by atoms with E-state index in [4.69, 9.17) is 9.26 Å². The normalized spacial score (nSPS) is 19.0. The summed E-state index contributed by atoms with van der Waals surface area (Å²) < 4.78 is 10.8. The maximum atomic E-state index is 13.0. The van der Waals surface area contributed by atoms with Gasteiger partial charge in [0.05, 0.1) is 6.54 Å². The van der Waals surface area contributed by atoms with E-state index in [0.29, 0.717) is 31.4 Å². The largest absolute Gasteiger partial charge is 0.381 e. The Morgan fingerprint density at radius 3 is 2.83 bits per heavy atom. The molecule has 3 heterocycles. The topological polar surface area (TPSA) is 55.6 Å². The zero-order chi connectivity index (χ0) is 15.6. The van der Waals surface area contributed by atoms with Crippen LogP contribution in [0.4, 0.5) is 0 Å². The van der Waals surface area contributed by atoms with E-state index in [2.05, 4.69) is 11.2 Å². The van der Waals surface area contributed by atoms with Crippen molar-refractivity contribution in [2.45, 2.75) is 44.2 Å². The molecule has 122 valence electrons. The summed E-state index contributed by atoms with van der Waals surface area (Å²) in [6.45, 7) is 2.06. The van der Waals surface area contributed by atoms with Gasteiger partial charge < -0.3 is 14.2 Å². The summed E-state index contributed by atoms with van der Waals surface area (Å²) in [7, 11) is 0. The number of carbonyl (C=O) groups is 1. The van der Waals surface area contributed by atoms with Gasteiger partial charge in [0.15, 0.2) is 5.69 Å². The molecule has 6 heteroatoms. The van der Waals surface area contributed by atoms with Crippen LogP contribution in [0.15, 0.2) is 28.1 Å². The van der Waals surface area contributed by atoms with Crippen LogP contribution in [-0.2, 0) is 11.3 Å². The minimum Gasteiger partial charge on any atom is -0.381 e. The third kappa shape index (κ3) is 3.33. The first kappa shape index (κ1) is 14.9. The quantitative estimate of drug-likeness (QED) is 0.842. The number of rotatable bonds is 5. The molecule has 2 fully saturated rings.